The SMILES string of the molecule is O=C(COc1cccc([C@](O)(C(=O)O)c2ccccc2)c1)N[C@H]1C[C@H](NC(=O)c2ccc(CNC[C@H](O)c3ccc(O)c4[nH]c(=O)ccc34)cn2)C1. The van der Waals surface area contributed by atoms with E-state index in [0.717, 1.165) is 5.56 Å². The monoisotopic (exact) mass is 707 g/mol. The van der Waals surface area contributed by atoms with E-state index >= 15 is 0 Å². The number of aliphatic carboxylic acids is 1. The summed E-state index contributed by atoms with van der Waals surface area (Å²) in [6.07, 6.45) is 1.69. The van der Waals surface area contributed by atoms with Crippen molar-refractivity contribution in [2.45, 2.75) is 43.2 Å². The number of nitrogens with zero attached hydrogens (tertiary/aromatic N) is 1. The van der Waals surface area contributed by atoms with Crippen LogP contribution in [0, 0.1) is 0 Å². The fourth-order valence-electron chi connectivity index (χ4n) is 6.11. The molecule has 1 saturated carbocycles. The Hall–Kier alpha value is -6.09. The summed E-state index contributed by atoms with van der Waals surface area (Å²) in [4.78, 5) is 55.9. The number of carboxylic acids is 1. The standard InChI is InChI=1S/C38H37N5O9/c44-31-13-10-28(29-11-14-33(46)43-35(29)31)32(45)20-39-18-22-9-12-30(40-19-22)36(48)42-26-16-25(17-26)41-34(47)21-52-27-8-4-7-24(15-27)38(51,37(49)50)23-5-2-1-3-6-23/h1-15,19,25-26,32,39,44-45,51H,16-18,20-21H2,(H,41,47)(H,42,48)(H,43,46)(H,49,50)/t25-,26-,32-,38-/m0/s1. The quantitative estimate of drug-likeness (QED) is 0.0836. The predicted octanol–water partition coefficient (Wildman–Crippen LogP) is 2.23. The summed E-state index contributed by atoms with van der Waals surface area (Å²) in [5, 5.41) is 51.2. The molecule has 0 unspecified atom stereocenters. The predicted molar refractivity (Wildman–Crippen MR) is 189 cm³/mol. The van der Waals surface area contributed by atoms with Gasteiger partial charge in [0.05, 0.1) is 11.6 Å². The van der Waals surface area contributed by atoms with Crippen LogP contribution >= 0.6 is 0 Å². The summed E-state index contributed by atoms with van der Waals surface area (Å²) in [5.74, 6) is -2.04. The van der Waals surface area contributed by atoms with Crippen molar-refractivity contribution in [2.24, 2.45) is 0 Å². The zero-order valence-electron chi connectivity index (χ0n) is 27.8. The van der Waals surface area contributed by atoms with Crippen LogP contribution in [0.1, 0.15) is 51.7 Å². The Kier molecular flexibility index (Phi) is 10.6. The summed E-state index contributed by atoms with van der Waals surface area (Å²) in [5.41, 5.74) is -0.564. The van der Waals surface area contributed by atoms with Gasteiger partial charge in [-0.2, -0.15) is 0 Å². The molecule has 0 spiro atoms. The van der Waals surface area contributed by atoms with Crippen molar-refractivity contribution in [3.05, 3.63) is 135 Å². The largest absolute Gasteiger partial charge is 0.506 e. The van der Waals surface area contributed by atoms with E-state index in [0.29, 0.717) is 30.3 Å². The molecule has 2 atom stereocenters. The van der Waals surface area contributed by atoms with Crippen LogP contribution in [0.5, 0.6) is 11.5 Å². The Morgan fingerprint density at radius 3 is 2.40 bits per heavy atom. The molecule has 2 heterocycles. The first-order valence-electron chi connectivity index (χ1n) is 16.5. The zero-order chi connectivity index (χ0) is 36.8. The molecule has 5 aromatic rings. The van der Waals surface area contributed by atoms with Gasteiger partial charge in [0, 0.05) is 48.4 Å². The molecule has 14 heteroatoms. The maximum atomic E-state index is 12.8. The number of rotatable bonds is 14. The number of carbonyl (C=O) groups is 3. The third kappa shape index (κ3) is 7.94. The number of aromatic nitrogens is 2. The number of carboxylic acid groups (broad SMARTS) is 1. The average molecular weight is 708 g/mol. The molecule has 0 aliphatic heterocycles. The summed E-state index contributed by atoms with van der Waals surface area (Å²) in [6, 6.07) is 22.9. The smallest absolute Gasteiger partial charge is 0.345 e. The molecule has 268 valence electrons. The van der Waals surface area contributed by atoms with Crippen molar-refractivity contribution in [1.82, 2.24) is 25.9 Å². The van der Waals surface area contributed by atoms with Crippen LogP contribution in [0.2, 0.25) is 0 Å². The number of pyridine rings is 2. The number of ether oxygens (including phenoxy) is 1. The van der Waals surface area contributed by atoms with Crippen molar-refractivity contribution in [2.75, 3.05) is 13.2 Å². The molecule has 1 aliphatic carbocycles. The molecule has 2 aromatic heterocycles. The highest BCUT2D eigenvalue weighted by atomic mass is 16.5. The van der Waals surface area contributed by atoms with E-state index in [4.69, 9.17) is 4.74 Å². The van der Waals surface area contributed by atoms with E-state index in [1.807, 2.05) is 0 Å². The molecular weight excluding hydrogens is 670 g/mol. The number of carbonyl (C=O) groups excluding carboxylic acids is 2. The van der Waals surface area contributed by atoms with Crippen LogP contribution in [-0.2, 0) is 21.7 Å². The Morgan fingerprint density at radius 2 is 1.67 bits per heavy atom. The Balaban J connectivity index is 0.918. The van der Waals surface area contributed by atoms with E-state index in [1.165, 1.54) is 42.5 Å². The van der Waals surface area contributed by atoms with Gasteiger partial charge in [-0.15, -0.1) is 0 Å². The first kappa shape index (κ1) is 35.7. The minimum atomic E-state index is -2.30. The number of aliphatic hydroxyl groups is 2. The van der Waals surface area contributed by atoms with Crippen LogP contribution in [0.3, 0.4) is 0 Å². The highest BCUT2D eigenvalue weighted by molar-refractivity contribution is 5.92. The molecule has 0 bridgehead atoms. The number of aliphatic hydroxyl groups excluding tert-OH is 1. The first-order valence-corrected chi connectivity index (χ1v) is 16.5. The van der Waals surface area contributed by atoms with E-state index < -0.39 is 17.7 Å². The van der Waals surface area contributed by atoms with Crippen LogP contribution in [0.4, 0.5) is 0 Å². The number of hydrogen-bond acceptors (Lipinski definition) is 10. The van der Waals surface area contributed by atoms with Crippen molar-refractivity contribution < 1.29 is 39.5 Å². The van der Waals surface area contributed by atoms with E-state index in [2.05, 4.69) is 25.9 Å². The lowest BCUT2D eigenvalue weighted by atomic mass is 9.86. The minimum Gasteiger partial charge on any atom is -0.506 e. The maximum absolute atomic E-state index is 12.8. The second kappa shape index (κ2) is 15.4. The Labute approximate surface area is 297 Å². The van der Waals surface area contributed by atoms with Crippen molar-refractivity contribution in [3.63, 3.8) is 0 Å². The van der Waals surface area contributed by atoms with Crippen molar-refractivity contribution >= 4 is 28.7 Å². The van der Waals surface area contributed by atoms with Gasteiger partial charge in [-0.05, 0) is 59.9 Å². The van der Waals surface area contributed by atoms with Gasteiger partial charge in [-0.1, -0.05) is 54.6 Å². The fraction of sp³-hybridized carbons (Fsp3) is 0.237. The molecule has 0 radical (unpaired) electrons. The second-order valence-corrected chi connectivity index (χ2v) is 12.6. The van der Waals surface area contributed by atoms with Crippen LogP contribution < -0.4 is 26.2 Å². The normalized spacial score (nSPS) is 17.0. The number of amides is 2. The third-order valence-electron chi connectivity index (χ3n) is 8.95. The number of phenolic OH excluding ortho intramolecular Hbond substituents is 1. The number of hydrogen-bond donors (Lipinski definition) is 8. The Bertz CT molecular complexity index is 2140. The number of nitrogens with one attached hydrogen (secondary N) is 4. The van der Waals surface area contributed by atoms with E-state index in [1.54, 1.807) is 54.7 Å². The van der Waals surface area contributed by atoms with Gasteiger partial charge in [0.2, 0.25) is 11.2 Å². The highest BCUT2D eigenvalue weighted by Crippen LogP contribution is 2.32. The summed E-state index contributed by atoms with van der Waals surface area (Å²) in [7, 11) is 0. The van der Waals surface area contributed by atoms with Gasteiger partial charge in [-0.3, -0.25) is 19.4 Å². The van der Waals surface area contributed by atoms with Crippen LogP contribution in [0.25, 0.3) is 10.9 Å². The van der Waals surface area contributed by atoms with Crippen molar-refractivity contribution in [1.29, 1.82) is 0 Å². The zero-order valence-corrected chi connectivity index (χ0v) is 27.8. The molecule has 3 aromatic carbocycles. The lowest BCUT2D eigenvalue weighted by Crippen LogP contribution is -2.54. The maximum Gasteiger partial charge on any atom is 0.345 e. The molecule has 52 heavy (non-hydrogen) atoms. The number of benzene rings is 3. The number of fused-ring (bicyclic) bond motifs is 1. The van der Waals surface area contributed by atoms with Gasteiger partial charge < -0.3 is 46.1 Å². The lowest BCUT2D eigenvalue weighted by Gasteiger charge is -2.36. The molecular formula is C38H37N5O9. The summed E-state index contributed by atoms with van der Waals surface area (Å²) < 4.78 is 5.60. The van der Waals surface area contributed by atoms with Crippen LogP contribution in [-0.4, -0.2) is 73.4 Å². The van der Waals surface area contributed by atoms with Gasteiger partial charge in [0.25, 0.3) is 11.8 Å². The molecule has 0 saturated heterocycles. The van der Waals surface area contributed by atoms with Gasteiger partial charge in [0.15, 0.2) is 6.61 Å². The molecule has 6 rings (SSSR count). The molecule has 8 N–H and O–H groups in total. The molecule has 1 aliphatic rings. The van der Waals surface area contributed by atoms with Gasteiger partial charge in [-0.25, -0.2) is 4.79 Å². The summed E-state index contributed by atoms with van der Waals surface area (Å²) in [6.45, 7) is 0.232. The minimum absolute atomic E-state index is 0.0827. The van der Waals surface area contributed by atoms with Crippen molar-refractivity contribution in [3.8, 4) is 11.5 Å². The second-order valence-electron chi connectivity index (χ2n) is 12.6. The first-order chi connectivity index (χ1) is 25.0. The number of phenols is 1. The van der Waals surface area contributed by atoms with Crippen LogP contribution in [0.15, 0.2) is 102 Å². The van der Waals surface area contributed by atoms with Gasteiger partial charge >= 0.3 is 5.97 Å². The Morgan fingerprint density at radius 1 is 0.923 bits per heavy atom. The summed E-state index contributed by atoms with van der Waals surface area (Å²) >= 11 is 0. The fourth-order valence-corrected chi connectivity index (χ4v) is 6.11. The molecule has 2 amide bonds. The third-order valence-corrected chi connectivity index (χ3v) is 8.95. The van der Waals surface area contributed by atoms with E-state index in [-0.39, 0.29) is 76.4 Å². The number of aromatic hydroxyl groups is 1. The van der Waals surface area contributed by atoms with Gasteiger partial charge in [0.1, 0.15) is 17.2 Å². The topological polar surface area (TPSA) is 223 Å². The molecule has 14 nitrogen and oxygen atoms in total. The number of aromatic amines is 1. The number of H-pyrrole nitrogens is 1. The molecule has 1 fully saturated rings. The average Bonchev–Trinajstić information content (AvgIpc) is 3.13. The highest BCUT2D eigenvalue weighted by Gasteiger charge is 2.40. The lowest BCUT2D eigenvalue weighted by molar-refractivity contribution is -0.155. The van der Waals surface area contributed by atoms with E-state index in [9.17, 15) is 39.6 Å².